The van der Waals surface area contributed by atoms with Gasteiger partial charge in [-0.3, -0.25) is 4.99 Å². The van der Waals surface area contributed by atoms with Crippen molar-refractivity contribution in [2.45, 2.75) is 38.6 Å². The Balaban J connectivity index is 1.58. The van der Waals surface area contributed by atoms with E-state index in [2.05, 4.69) is 25.7 Å². The maximum Gasteiger partial charge on any atom is 0.341 e. The number of ether oxygens (including phenoxy) is 3. The van der Waals surface area contributed by atoms with Gasteiger partial charge in [-0.05, 0) is 24.1 Å². The fourth-order valence-electron chi connectivity index (χ4n) is 3.37. The SMILES string of the molecule is CN=C(NCc1ccc(C(=O)OC)c(OC)c1)NC1CCc2nc(COC)nn2C1. The smallest absolute Gasteiger partial charge is 0.341 e. The van der Waals surface area contributed by atoms with Gasteiger partial charge in [-0.1, -0.05) is 6.07 Å². The Bertz CT molecular complexity index is 911. The number of nitrogens with one attached hydrogen (secondary N) is 2. The Morgan fingerprint density at radius 2 is 2.17 bits per heavy atom. The molecule has 162 valence electrons. The van der Waals surface area contributed by atoms with E-state index < -0.39 is 5.97 Å². The second kappa shape index (κ2) is 10.1. The number of nitrogens with zero attached hydrogens (tertiary/aromatic N) is 4. The van der Waals surface area contributed by atoms with Gasteiger partial charge in [-0.25, -0.2) is 14.5 Å². The molecule has 0 amide bonds. The van der Waals surface area contributed by atoms with Crippen LogP contribution in [-0.2, 0) is 35.6 Å². The molecule has 30 heavy (non-hydrogen) atoms. The van der Waals surface area contributed by atoms with Gasteiger partial charge in [0.15, 0.2) is 11.8 Å². The summed E-state index contributed by atoms with van der Waals surface area (Å²) in [7, 11) is 6.24. The maximum atomic E-state index is 11.8. The molecule has 3 rings (SSSR count). The lowest BCUT2D eigenvalue weighted by Gasteiger charge is -2.25. The summed E-state index contributed by atoms with van der Waals surface area (Å²) in [6, 6.07) is 5.56. The number of rotatable bonds is 7. The predicted molar refractivity (Wildman–Crippen MR) is 111 cm³/mol. The second-order valence-electron chi connectivity index (χ2n) is 6.89. The van der Waals surface area contributed by atoms with Crippen LogP contribution < -0.4 is 15.4 Å². The summed E-state index contributed by atoms with van der Waals surface area (Å²) in [6.07, 6.45) is 1.78. The quantitative estimate of drug-likeness (QED) is 0.389. The minimum Gasteiger partial charge on any atom is -0.496 e. The Morgan fingerprint density at radius 1 is 1.33 bits per heavy atom. The number of esters is 1. The average molecular weight is 416 g/mol. The molecule has 0 spiro atoms. The van der Waals surface area contributed by atoms with Gasteiger partial charge >= 0.3 is 5.97 Å². The van der Waals surface area contributed by atoms with Crippen LogP contribution in [0.25, 0.3) is 0 Å². The number of carbonyl (C=O) groups excluding carboxylic acids is 1. The van der Waals surface area contributed by atoms with Crippen LogP contribution in [0.1, 0.15) is 34.0 Å². The van der Waals surface area contributed by atoms with Gasteiger partial charge in [0.2, 0.25) is 0 Å². The molecule has 1 unspecified atom stereocenters. The van der Waals surface area contributed by atoms with Crippen molar-refractivity contribution < 1.29 is 19.0 Å². The summed E-state index contributed by atoms with van der Waals surface area (Å²) in [4.78, 5) is 20.6. The largest absolute Gasteiger partial charge is 0.496 e. The number of guanidine groups is 1. The average Bonchev–Trinajstić information content (AvgIpc) is 3.17. The van der Waals surface area contributed by atoms with Crippen molar-refractivity contribution in [1.82, 2.24) is 25.4 Å². The Kier molecular flexibility index (Phi) is 7.23. The van der Waals surface area contributed by atoms with Crippen LogP contribution in [0.3, 0.4) is 0 Å². The normalized spacial score (nSPS) is 16.0. The molecule has 1 aromatic carbocycles. The molecular formula is C20H28N6O4. The highest BCUT2D eigenvalue weighted by atomic mass is 16.5. The molecule has 2 N–H and O–H groups in total. The lowest BCUT2D eigenvalue weighted by molar-refractivity contribution is 0.0597. The van der Waals surface area contributed by atoms with Crippen molar-refractivity contribution in [3.05, 3.63) is 41.0 Å². The number of benzene rings is 1. The fraction of sp³-hybridized carbons (Fsp3) is 0.500. The van der Waals surface area contributed by atoms with Crippen LogP contribution in [0.2, 0.25) is 0 Å². The van der Waals surface area contributed by atoms with Crippen LogP contribution in [0.4, 0.5) is 0 Å². The highest BCUT2D eigenvalue weighted by molar-refractivity contribution is 5.92. The van der Waals surface area contributed by atoms with Crippen LogP contribution >= 0.6 is 0 Å². The van der Waals surface area contributed by atoms with Gasteiger partial charge in [0.1, 0.15) is 23.7 Å². The molecule has 1 aliphatic rings. The monoisotopic (exact) mass is 416 g/mol. The zero-order chi connectivity index (χ0) is 21.5. The topological polar surface area (TPSA) is 112 Å². The summed E-state index contributed by atoms with van der Waals surface area (Å²) in [5, 5.41) is 11.2. The number of carbonyl (C=O) groups is 1. The fourth-order valence-corrected chi connectivity index (χ4v) is 3.37. The van der Waals surface area contributed by atoms with Crippen molar-refractivity contribution in [1.29, 1.82) is 0 Å². The first-order valence-electron chi connectivity index (χ1n) is 9.71. The number of fused-ring (bicyclic) bond motifs is 1. The van der Waals surface area contributed by atoms with Gasteiger partial charge in [0, 0.05) is 33.2 Å². The summed E-state index contributed by atoms with van der Waals surface area (Å²) in [5.41, 5.74) is 1.35. The molecule has 10 nitrogen and oxygen atoms in total. The standard InChI is InChI=1S/C20H28N6O4/c1-21-20(22-10-13-5-7-15(19(27)30-4)16(9-13)29-3)23-14-6-8-18-24-17(12-28-2)25-26(18)11-14/h5,7,9,14H,6,8,10-12H2,1-4H3,(H2,21,22,23). The van der Waals surface area contributed by atoms with Gasteiger partial charge in [-0.2, -0.15) is 5.10 Å². The van der Waals surface area contributed by atoms with Gasteiger partial charge < -0.3 is 24.8 Å². The van der Waals surface area contributed by atoms with E-state index in [0.29, 0.717) is 42.8 Å². The van der Waals surface area contributed by atoms with Gasteiger partial charge in [0.25, 0.3) is 0 Å². The number of aromatic nitrogens is 3. The summed E-state index contributed by atoms with van der Waals surface area (Å²) in [5.74, 6) is 2.43. The van der Waals surface area contributed by atoms with E-state index in [-0.39, 0.29) is 6.04 Å². The molecule has 2 aromatic rings. The number of hydrogen-bond acceptors (Lipinski definition) is 7. The van der Waals surface area contributed by atoms with Crippen LogP contribution in [-0.4, -0.2) is 61.1 Å². The minimum atomic E-state index is -0.428. The maximum absolute atomic E-state index is 11.8. The van der Waals surface area contributed by atoms with Crippen molar-refractivity contribution in [3.8, 4) is 5.75 Å². The van der Waals surface area contributed by atoms with Crippen LogP contribution in [0.5, 0.6) is 5.75 Å². The molecular weight excluding hydrogens is 388 g/mol. The minimum absolute atomic E-state index is 0.192. The molecule has 0 bridgehead atoms. The summed E-state index contributed by atoms with van der Waals surface area (Å²) >= 11 is 0. The van der Waals surface area contributed by atoms with E-state index in [1.165, 1.54) is 14.2 Å². The second-order valence-corrected chi connectivity index (χ2v) is 6.89. The lowest BCUT2D eigenvalue weighted by Crippen LogP contribution is -2.46. The van der Waals surface area contributed by atoms with E-state index in [9.17, 15) is 4.79 Å². The molecule has 2 heterocycles. The Morgan fingerprint density at radius 3 is 2.87 bits per heavy atom. The summed E-state index contributed by atoms with van der Waals surface area (Å²) in [6.45, 7) is 1.66. The van der Waals surface area contributed by atoms with E-state index in [1.807, 2.05) is 16.8 Å². The first-order chi connectivity index (χ1) is 14.6. The molecule has 1 atom stereocenters. The highest BCUT2D eigenvalue weighted by Crippen LogP contribution is 2.21. The molecule has 0 aliphatic carbocycles. The molecule has 0 fully saturated rings. The molecule has 1 aliphatic heterocycles. The lowest BCUT2D eigenvalue weighted by atomic mass is 10.1. The molecule has 0 saturated carbocycles. The number of hydrogen-bond donors (Lipinski definition) is 2. The predicted octanol–water partition coefficient (Wildman–Crippen LogP) is 0.900. The molecule has 10 heteroatoms. The molecule has 0 saturated heterocycles. The van der Waals surface area contributed by atoms with Gasteiger partial charge in [0.05, 0.1) is 20.8 Å². The van der Waals surface area contributed by atoms with Gasteiger partial charge in [-0.15, -0.1) is 0 Å². The third-order valence-electron chi connectivity index (χ3n) is 4.87. The van der Waals surface area contributed by atoms with Crippen LogP contribution in [0.15, 0.2) is 23.2 Å². The Hall–Kier alpha value is -3.14. The zero-order valence-corrected chi connectivity index (χ0v) is 17.8. The first-order valence-corrected chi connectivity index (χ1v) is 9.71. The summed E-state index contributed by atoms with van der Waals surface area (Å²) < 4.78 is 17.1. The van der Waals surface area contributed by atoms with Crippen molar-refractivity contribution >= 4 is 11.9 Å². The number of methoxy groups -OCH3 is 3. The third kappa shape index (κ3) is 5.07. The van der Waals surface area contributed by atoms with Crippen molar-refractivity contribution in [2.24, 2.45) is 4.99 Å². The van der Waals surface area contributed by atoms with Crippen molar-refractivity contribution in [2.75, 3.05) is 28.4 Å². The molecule has 0 radical (unpaired) electrons. The zero-order valence-electron chi connectivity index (χ0n) is 17.8. The van der Waals surface area contributed by atoms with E-state index in [4.69, 9.17) is 14.2 Å². The van der Waals surface area contributed by atoms with E-state index in [0.717, 1.165) is 24.2 Å². The van der Waals surface area contributed by atoms with E-state index in [1.54, 1.807) is 20.2 Å². The highest BCUT2D eigenvalue weighted by Gasteiger charge is 2.22. The van der Waals surface area contributed by atoms with Crippen molar-refractivity contribution in [3.63, 3.8) is 0 Å². The first kappa shape index (κ1) is 21.6. The van der Waals surface area contributed by atoms with E-state index >= 15 is 0 Å². The number of aliphatic imine (C=N–C) groups is 1. The van der Waals surface area contributed by atoms with Crippen LogP contribution in [0, 0.1) is 0 Å². The number of aryl methyl sites for hydroxylation is 1. The molecule has 1 aromatic heterocycles. The Labute approximate surface area is 175 Å². The third-order valence-corrected chi connectivity index (χ3v) is 4.87.